The molecule has 3 N–H and O–H groups in total. The molecule has 1 aliphatic heterocycles. The molecule has 0 unspecified atom stereocenters. The van der Waals surface area contributed by atoms with Gasteiger partial charge in [-0.2, -0.15) is 11.0 Å². The number of nitrogens with one attached hydrogen (secondary N) is 3. The summed E-state index contributed by atoms with van der Waals surface area (Å²) in [6, 6.07) is 16.6. The molecule has 41 heavy (non-hydrogen) atoms. The van der Waals surface area contributed by atoms with Gasteiger partial charge in [0.2, 0.25) is 17.3 Å². The maximum absolute atomic E-state index is 13.3. The van der Waals surface area contributed by atoms with Crippen LogP contribution in [0.4, 0.5) is 0 Å². The highest BCUT2D eigenvalue weighted by Gasteiger charge is 2.36. The van der Waals surface area contributed by atoms with Crippen LogP contribution in [0.2, 0.25) is 0 Å². The van der Waals surface area contributed by atoms with E-state index in [1.54, 1.807) is 0 Å². The van der Waals surface area contributed by atoms with Crippen LogP contribution in [-0.4, -0.2) is 58.1 Å². The lowest BCUT2D eigenvalue weighted by Gasteiger charge is -2.25. The number of rotatable bonds is 13. The molecule has 0 spiro atoms. The smallest absolute Gasteiger partial charge is 0.297 e. The summed E-state index contributed by atoms with van der Waals surface area (Å²) in [5.41, 5.74) is 5.89. The molecule has 1 heterocycles. The van der Waals surface area contributed by atoms with Crippen molar-refractivity contribution in [1.82, 2.24) is 21.2 Å². The first-order valence-corrected chi connectivity index (χ1v) is 13.6. The Morgan fingerprint density at radius 1 is 0.756 bits per heavy atom. The number of benzene rings is 2. The average Bonchev–Trinajstić information content (AvgIpc) is 3.42. The van der Waals surface area contributed by atoms with Gasteiger partial charge in [-0.1, -0.05) is 60.7 Å². The Bertz CT molecular complexity index is 1250. The highest BCUT2D eigenvalue weighted by molar-refractivity contribution is 6.45. The van der Waals surface area contributed by atoms with Gasteiger partial charge in [0.15, 0.2) is 0 Å². The summed E-state index contributed by atoms with van der Waals surface area (Å²) in [5.74, 6) is -3.14. The number of allylic oxidation sites excluding steroid dienone is 1. The third-order valence-corrected chi connectivity index (χ3v) is 5.88. The van der Waals surface area contributed by atoms with Gasteiger partial charge in [0.1, 0.15) is 17.8 Å². The highest BCUT2D eigenvalue weighted by atomic mass is 16.7. The standard InChI is InChI=1S/C31H40N4O6/c1-30(2,3)40-33-23(17-21-13-9-7-10-14-21)26(36)27(37)25-19-35(20-32-25)29(39)28(38)24(34-41-31(4,5)6)18-22-15-11-8-12-16-22/h7-16,19,23-24,32-34H,17-18,20H2,1-6H3/t23-,24-/m0/s1. The Labute approximate surface area is 241 Å². The van der Waals surface area contributed by atoms with E-state index in [4.69, 9.17) is 9.68 Å². The van der Waals surface area contributed by atoms with Crippen LogP contribution < -0.4 is 16.3 Å². The fourth-order valence-corrected chi connectivity index (χ4v) is 3.84. The zero-order chi connectivity index (χ0) is 30.2. The van der Waals surface area contributed by atoms with Crippen LogP contribution in [0, 0.1) is 0 Å². The van der Waals surface area contributed by atoms with Gasteiger partial charge in [-0.05, 0) is 65.5 Å². The SMILES string of the molecule is CC(C)(C)ON[C@@H](Cc1ccccc1)C(=O)C(=O)C1=CN(C(=O)C(=O)[C@H](Cc2ccccc2)NOC(C)(C)C)CN1. The van der Waals surface area contributed by atoms with Crippen LogP contribution in [0.15, 0.2) is 72.6 Å². The van der Waals surface area contributed by atoms with E-state index in [1.165, 1.54) is 6.20 Å². The average molecular weight is 565 g/mol. The molecule has 2 atom stereocenters. The first-order valence-electron chi connectivity index (χ1n) is 13.6. The topological polar surface area (TPSA) is 126 Å². The predicted molar refractivity (Wildman–Crippen MR) is 154 cm³/mol. The van der Waals surface area contributed by atoms with E-state index in [9.17, 15) is 19.2 Å². The maximum atomic E-state index is 13.3. The van der Waals surface area contributed by atoms with Crippen molar-refractivity contribution in [3.05, 3.63) is 83.7 Å². The third-order valence-electron chi connectivity index (χ3n) is 5.88. The molecule has 10 nitrogen and oxygen atoms in total. The maximum Gasteiger partial charge on any atom is 0.297 e. The lowest BCUT2D eigenvalue weighted by atomic mass is 9.99. The van der Waals surface area contributed by atoms with Crippen molar-refractivity contribution in [3.63, 3.8) is 0 Å². The van der Waals surface area contributed by atoms with Crippen LogP contribution in [0.5, 0.6) is 0 Å². The molecule has 1 amide bonds. The number of amides is 1. The number of carbonyl (C=O) groups excluding carboxylic acids is 4. The molecule has 0 aromatic heterocycles. The van der Waals surface area contributed by atoms with E-state index in [0.717, 1.165) is 16.0 Å². The molecule has 220 valence electrons. The van der Waals surface area contributed by atoms with Crippen molar-refractivity contribution in [1.29, 1.82) is 0 Å². The molecule has 0 aliphatic carbocycles. The molecular formula is C31H40N4O6. The molecule has 0 saturated heterocycles. The molecular weight excluding hydrogens is 524 g/mol. The number of nitrogens with zero attached hydrogens (tertiary/aromatic N) is 1. The molecule has 3 rings (SSSR count). The van der Waals surface area contributed by atoms with Crippen LogP contribution in [0.25, 0.3) is 0 Å². The molecule has 0 saturated carbocycles. The van der Waals surface area contributed by atoms with Crippen LogP contribution >= 0.6 is 0 Å². The van der Waals surface area contributed by atoms with E-state index in [0.29, 0.717) is 0 Å². The van der Waals surface area contributed by atoms with Crippen LogP contribution in [-0.2, 0) is 41.7 Å². The Kier molecular flexibility index (Phi) is 10.7. The first kappa shape index (κ1) is 31.8. The molecule has 2 aromatic carbocycles. The number of hydroxylamine groups is 2. The molecule has 0 fully saturated rings. The molecule has 0 radical (unpaired) electrons. The Hall–Kier alpha value is -3.70. The second-order valence-electron chi connectivity index (χ2n) is 11.9. The van der Waals surface area contributed by atoms with E-state index >= 15 is 0 Å². The van der Waals surface area contributed by atoms with Gasteiger partial charge in [0, 0.05) is 6.20 Å². The van der Waals surface area contributed by atoms with E-state index in [1.807, 2.05) is 102 Å². The first-order chi connectivity index (χ1) is 19.2. The van der Waals surface area contributed by atoms with E-state index < -0.39 is 46.5 Å². The summed E-state index contributed by atoms with van der Waals surface area (Å²) >= 11 is 0. The zero-order valence-electron chi connectivity index (χ0n) is 24.5. The summed E-state index contributed by atoms with van der Waals surface area (Å²) in [6.07, 6.45) is 1.64. The predicted octanol–water partition coefficient (Wildman–Crippen LogP) is 2.79. The van der Waals surface area contributed by atoms with Gasteiger partial charge in [-0.15, -0.1) is 0 Å². The third kappa shape index (κ3) is 10.0. The molecule has 2 aromatic rings. The van der Waals surface area contributed by atoms with E-state index in [2.05, 4.69) is 16.3 Å². The normalized spacial score (nSPS) is 15.1. The summed E-state index contributed by atoms with van der Waals surface area (Å²) < 4.78 is 0. The second kappa shape index (κ2) is 13.8. The Morgan fingerprint density at radius 2 is 1.20 bits per heavy atom. The van der Waals surface area contributed by atoms with Gasteiger partial charge in [0.25, 0.3) is 5.91 Å². The van der Waals surface area contributed by atoms with E-state index in [-0.39, 0.29) is 25.2 Å². The number of Topliss-reactive ketones (excluding diaryl/α,β-unsaturated/α-hetero) is 3. The Balaban J connectivity index is 1.74. The zero-order valence-corrected chi connectivity index (χ0v) is 24.5. The van der Waals surface area contributed by atoms with Gasteiger partial charge >= 0.3 is 0 Å². The minimum atomic E-state index is -0.966. The summed E-state index contributed by atoms with van der Waals surface area (Å²) in [5, 5.41) is 2.78. The Morgan fingerprint density at radius 3 is 1.63 bits per heavy atom. The fourth-order valence-electron chi connectivity index (χ4n) is 3.84. The fraction of sp³-hybridized carbons (Fsp3) is 0.419. The largest absolute Gasteiger partial charge is 0.363 e. The van der Waals surface area contributed by atoms with Crippen molar-refractivity contribution in [2.45, 2.75) is 77.7 Å². The number of carbonyl (C=O) groups is 4. The van der Waals surface area contributed by atoms with Gasteiger partial charge in [0.05, 0.1) is 17.9 Å². The summed E-state index contributed by atoms with van der Waals surface area (Å²) in [7, 11) is 0. The quantitative estimate of drug-likeness (QED) is 0.249. The highest BCUT2D eigenvalue weighted by Crippen LogP contribution is 2.14. The number of ketones is 3. The monoisotopic (exact) mass is 564 g/mol. The molecule has 10 heteroatoms. The van der Waals surface area contributed by atoms with Crippen LogP contribution in [0.1, 0.15) is 52.7 Å². The van der Waals surface area contributed by atoms with Crippen molar-refractivity contribution < 1.29 is 28.9 Å². The van der Waals surface area contributed by atoms with Crippen molar-refractivity contribution in [2.24, 2.45) is 0 Å². The van der Waals surface area contributed by atoms with Crippen LogP contribution in [0.3, 0.4) is 0 Å². The van der Waals surface area contributed by atoms with Gasteiger partial charge in [-0.3, -0.25) is 33.8 Å². The van der Waals surface area contributed by atoms with Gasteiger partial charge in [-0.25, -0.2) is 0 Å². The molecule has 0 bridgehead atoms. The molecule has 1 aliphatic rings. The lowest BCUT2D eigenvalue weighted by Crippen LogP contribution is -2.49. The van der Waals surface area contributed by atoms with Crippen molar-refractivity contribution in [3.8, 4) is 0 Å². The van der Waals surface area contributed by atoms with Crippen molar-refractivity contribution in [2.75, 3.05) is 6.67 Å². The second-order valence-corrected chi connectivity index (χ2v) is 11.9. The van der Waals surface area contributed by atoms with Gasteiger partial charge < -0.3 is 5.32 Å². The lowest BCUT2D eigenvalue weighted by molar-refractivity contribution is -0.149. The number of hydrogen-bond donors (Lipinski definition) is 3. The minimum absolute atomic E-state index is 0.0784. The minimum Gasteiger partial charge on any atom is -0.363 e. The van der Waals surface area contributed by atoms with Crippen molar-refractivity contribution >= 4 is 23.3 Å². The number of hydrogen-bond acceptors (Lipinski definition) is 9. The summed E-state index contributed by atoms with van der Waals surface area (Å²) in [6.45, 7) is 10.8. The summed E-state index contributed by atoms with van der Waals surface area (Å²) in [4.78, 5) is 65.3.